The van der Waals surface area contributed by atoms with Gasteiger partial charge in [-0.1, -0.05) is 31.1 Å². The maximum absolute atomic E-state index is 12.8. The van der Waals surface area contributed by atoms with E-state index in [1.54, 1.807) is 18.7 Å². The molecule has 1 saturated heterocycles. The first-order valence-electron chi connectivity index (χ1n) is 11.6. The Balaban J connectivity index is 1.34. The number of nitrogens with one attached hydrogen (secondary N) is 2. The summed E-state index contributed by atoms with van der Waals surface area (Å²) in [7, 11) is -3.89. The number of sulfonamides is 1. The number of carbonyl (C=O) groups is 2. The van der Waals surface area contributed by atoms with Gasteiger partial charge in [0.15, 0.2) is 0 Å². The second-order valence-electron chi connectivity index (χ2n) is 9.00. The minimum Gasteiger partial charge on any atom is -0.337 e. The van der Waals surface area contributed by atoms with E-state index in [1.165, 1.54) is 34.7 Å². The quantitative estimate of drug-likeness (QED) is 0.469. The van der Waals surface area contributed by atoms with E-state index in [2.05, 4.69) is 29.0 Å². The normalized spacial score (nSPS) is 14.0. The van der Waals surface area contributed by atoms with Gasteiger partial charge in [-0.25, -0.2) is 17.9 Å². The van der Waals surface area contributed by atoms with Crippen LogP contribution in [0.4, 0.5) is 22.1 Å². The third kappa shape index (κ3) is 5.35. The van der Waals surface area contributed by atoms with Crippen molar-refractivity contribution in [3.8, 4) is 0 Å². The van der Waals surface area contributed by atoms with Gasteiger partial charge in [0.2, 0.25) is 11.8 Å². The Kier molecular flexibility index (Phi) is 7.02. The Labute approximate surface area is 210 Å². The fourth-order valence-electron chi connectivity index (χ4n) is 3.79. The summed E-state index contributed by atoms with van der Waals surface area (Å²) in [5.41, 5.74) is 3.60. The van der Waals surface area contributed by atoms with Crippen molar-refractivity contribution in [2.75, 3.05) is 34.6 Å². The van der Waals surface area contributed by atoms with Crippen LogP contribution in [0.5, 0.6) is 0 Å². The second-order valence-corrected chi connectivity index (χ2v) is 10.7. The van der Waals surface area contributed by atoms with Crippen molar-refractivity contribution in [1.82, 2.24) is 10.1 Å². The van der Waals surface area contributed by atoms with E-state index < -0.39 is 10.0 Å². The number of carbonyl (C=O) groups excluding carboxylic acids is 2. The molecule has 0 spiro atoms. The van der Waals surface area contributed by atoms with E-state index in [9.17, 15) is 18.0 Å². The zero-order chi connectivity index (χ0) is 26.0. The Bertz CT molecular complexity index is 1360. The first-order chi connectivity index (χ1) is 17.0. The van der Waals surface area contributed by atoms with Crippen molar-refractivity contribution < 1.29 is 22.5 Å². The number of benzene rings is 2. The fourth-order valence-corrected chi connectivity index (χ4v) is 4.84. The van der Waals surface area contributed by atoms with Gasteiger partial charge in [-0.2, -0.15) is 0 Å². The molecule has 1 fully saturated rings. The summed E-state index contributed by atoms with van der Waals surface area (Å²) < 4.78 is 32.6. The predicted molar refractivity (Wildman–Crippen MR) is 137 cm³/mol. The van der Waals surface area contributed by atoms with Crippen LogP contribution in [-0.4, -0.2) is 50.0 Å². The smallest absolute Gasteiger partial charge is 0.325 e. The van der Waals surface area contributed by atoms with Gasteiger partial charge in [-0.15, -0.1) is 0 Å². The first kappa shape index (κ1) is 25.2. The van der Waals surface area contributed by atoms with Gasteiger partial charge in [0.05, 0.1) is 10.6 Å². The minimum absolute atomic E-state index is 0.00259. The van der Waals surface area contributed by atoms with Crippen LogP contribution in [0.1, 0.15) is 36.6 Å². The Morgan fingerprint density at radius 1 is 1.06 bits per heavy atom. The molecular weight excluding hydrogens is 482 g/mol. The van der Waals surface area contributed by atoms with Crippen LogP contribution in [0.25, 0.3) is 0 Å². The summed E-state index contributed by atoms with van der Waals surface area (Å²) in [6, 6.07) is 13.4. The third-order valence-corrected chi connectivity index (χ3v) is 7.48. The summed E-state index contributed by atoms with van der Waals surface area (Å²) in [5, 5.41) is 6.45. The fraction of sp³-hybridized carbons (Fsp3) is 0.320. The van der Waals surface area contributed by atoms with Crippen LogP contribution in [0.2, 0.25) is 0 Å². The van der Waals surface area contributed by atoms with E-state index in [1.807, 2.05) is 24.3 Å². The Hall–Kier alpha value is -3.86. The van der Waals surface area contributed by atoms with Crippen LogP contribution >= 0.6 is 0 Å². The number of rotatable bonds is 8. The molecule has 4 rings (SSSR count). The SMILES string of the molecule is Cc1noc(NS(=O)(=O)c2ccc(NC(=O)CN3CCN(c4ccc(C(C)C)cc4)C3=O)cc2)c1C. The van der Waals surface area contributed by atoms with Gasteiger partial charge in [0.25, 0.3) is 10.0 Å². The van der Waals surface area contributed by atoms with Crippen LogP contribution < -0.4 is 14.9 Å². The molecule has 0 bridgehead atoms. The van der Waals surface area contributed by atoms with Crippen molar-refractivity contribution in [2.45, 2.75) is 38.5 Å². The van der Waals surface area contributed by atoms with Crippen molar-refractivity contribution in [3.05, 3.63) is 65.4 Å². The summed E-state index contributed by atoms with van der Waals surface area (Å²) >= 11 is 0. The highest BCUT2D eigenvalue weighted by atomic mass is 32.2. The molecule has 3 aromatic rings. The molecule has 0 aliphatic carbocycles. The molecule has 190 valence electrons. The largest absolute Gasteiger partial charge is 0.337 e. The van der Waals surface area contributed by atoms with Crippen LogP contribution in [0.15, 0.2) is 57.9 Å². The minimum atomic E-state index is -3.89. The maximum atomic E-state index is 12.8. The second kappa shape index (κ2) is 10.0. The highest BCUT2D eigenvalue weighted by Crippen LogP contribution is 2.24. The van der Waals surface area contributed by atoms with E-state index in [4.69, 9.17) is 4.52 Å². The average Bonchev–Trinajstić information content (AvgIpc) is 3.35. The van der Waals surface area contributed by atoms with E-state index in [0.29, 0.717) is 36.0 Å². The molecule has 0 radical (unpaired) electrons. The van der Waals surface area contributed by atoms with Gasteiger partial charge in [-0.05, 0) is 61.7 Å². The summed E-state index contributed by atoms with van der Waals surface area (Å²) in [5.74, 6) is 0.0904. The zero-order valence-electron chi connectivity index (χ0n) is 20.6. The molecule has 2 heterocycles. The highest BCUT2D eigenvalue weighted by Gasteiger charge is 2.31. The van der Waals surface area contributed by atoms with E-state index in [-0.39, 0.29) is 29.3 Å². The first-order valence-corrected chi connectivity index (χ1v) is 13.1. The molecule has 0 atom stereocenters. The molecule has 2 N–H and O–H groups in total. The number of anilines is 3. The molecule has 1 aliphatic rings. The predicted octanol–water partition coefficient (Wildman–Crippen LogP) is 4.10. The van der Waals surface area contributed by atoms with Crippen molar-refractivity contribution >= 4 is 39.2 Å². The van der Waals surface area contributed by atoms with Gasteiger partial charge in [-0.3, -0.25) is 9.69 Å². The van der Waals surface area contributed by atoms with Crippen LogP contribution in [0, 0.1) is 13.8 Å². The highest BCUT2D eigenvalue weighted by molar-refractivity contribution is 7.92. The Morgan fingerprint density at radius 3 is 2.31 bits per heavy atom. The molecule has 36 heavy (non-hydrogen) atoms. The molecule has 2 aromatic carbocycles. The monoisotopic (exact) mass is 511 g/mol. The molecule has 1 aliphatic heterocycles. The van der Waals surface area contributed by atoms with Crippen LogP contribution in [-0.2, 0) is 14.8 Å². The van der Waals surface area contributed by atoms with Gasteiger partial charge >= 0.3 is 6.03 Å². The summed E-state index contributed by atoms with van der Waals surface area (Å²) in [6.45, 7) is 8.46. The number of hydrogen-bond donors (Lipinski definition) is 2. The van der Waals surface area contributed by atoms with Gasteiger partial charge in [0, 0.05) is 30.0 Å². The van der Waals surface area contributed by atoms with E-state index in [0.717, 1.165) is 5.69 Å². The lowest BCUT2D eigenvalue weighted by Crippen LogP contribution is -2.37. The number of amides is 3. The van der Waals surface area contributed by atoms with Crippen molar-refractivity contribution in [2.24, 2.45) is 0 Å². The number of hydrogen-bond acceptors (Lipinski definition) is 6. The lowest BCUT2D eigenvalue weighted by atomic mass is 10.0. The summed E-state index contributed by atoms with van der Waals surface area (Å²) in [6.07, 6.45) is 0. The lowest BCUT2D eigenvalue weighted by molar-refractivity contribution is -0.116. The third-order valence-electron chi connectivity index (χ3n) is 6.13. The van der Waals surface area contributed by atoms with E-state index >= 15 is 0 Å². The molecule has 10 nitrogen and oxygen atoms in total. The average molecular weight is 512 g/mol. The van der Waals surface area contributed by atoms with Crippen LogP contribution in [0.3, 0.4) is 0 Å². The van der Waals surface area contributed by atoms with Gasteiger partial charge < -0.3 is 14.7 Å². The standard InChI is InChI=1S/C25H29N5O5S/c1-16(2)19-5-9-21(10-6-19)30-14-13-29(25(30)32)15-23(31)26-20-7-11-22(12-8-20)36(33,34)28-24-17(3)18(4)27-35-24/h5-12,16,28H,13-15H2,1-4H3,(H,26,31). The molecular formula is C25H29N5O5S. The summed E-state index contributed by atoms with van der Waals surface area (Å²) in [4.78, 5) is 28.5. The molecule has 11 heteroatoms. The number of urea groups is 1. The van der Waals surface area contributed by atoms with Gasteiger partial charge in [0.1, 0.15) is 6.54 Å². The Morgan fingerprint density at radius 2 is 1.72 bits per heavy atom. The molecule has 0 saturated carbocycles. The number of aryl methyl sites for hydroxylation is 1. The number of nitrogens with zero attached hydrogens (tertiary/aromatic N) is 3. The lowest BCUT2D eigenvalue weighted by Gasteiger charge is -2.19. The molecule has 3 amide bonds. The van der Waals surface area contributed by atoms with Crippen molar-refractivity contribution in [1.29, 1.82) is 0 Å². The zero-order valence-corrected chi connectivity index (χ0v) is 21.4. The topological polar surface area (TPSA) is 125 Å². The number of aromatic nitrogens is 1. The van der Waals surface area contributed by atoms with Crippen molar-refractivity contribution in [3.63, 3.8) is 0 Å². The molecule has 1 aromatic heterocycles. The molecule has 0 unspecified atom stereocenters. The maximum Gasteiger partial charge on any atom is 0.325 e.